The Labute approximate surface area is 72.1 Å². The van der Waals surface area contributed by atoms with Gasteiger partial charge in [0, 0.05) is 11.9 Å². The minimum atomic E-state index is 1.03. The van der Waals surface area contributed by atoms with Crippen molar-refractivity contribution in [2.75, 3.05) is 0 Å². The molecule has 0 fully saturated rings. The first-order valence-electron chi connectivity index (χ1n) is 4.14. The number of H-pyrrole nitrogens is 1. The van der Waals surface area contributed by atoms with Crippen molar-refractivity contribution in [3.63, 3.8) is 0 Å². The molecule has 0 saturated carbocycles. The fourth-order valence-corrected chi connectivity index (χ4v) is 1.27. The topological polar surface area (TPSA) is 15.8 Å². The molecule has 1 nitrogen and oxygen atoms in total. The molecule has 1 N–H and O–H groups in total. The molecule has 0 unspecified atom stereocenters. The number of allylic oxidation sites excluding steroid dienone is 6. The lowest BCUT2D eigenvalue weighted by Gasteiger charge is -1.94. The standard InChI is InChI=1S/C11H11N/c1-2-4-7-10(6-3-1)11-8-5-9-12-11/h1,3-9,12H,2H2. The summed E-state index contributed by atoms with van der Waals surface area (Å²) in [4.78, 5) is 3.18. The molecule has 1 aromatic rings. The number of nitrogens with one attached hydrogen (secondary N) is 1. The Morgan fingerprint density at radius 1 is 1.25 bits per heavy atom. The Morgan fingerprint density at radius 2 is 2.25 bits per heavy atom. The van der Waals surface area contributed by atoms with E-state index in [0.717, 1.165) is 6.42 Å². The third-order valence-electron chi connectivity index (χ3n) is 1.89. The molecule has 0 saturated heterocycles. The van der Waals surface area contributed by atoms with Crippen LogP contribution in [-0.2, 0) is 0 Å². The molecule has 1 aliphatic rings. The lowest BCUT2D eigenvalue weighted by Crippen LogP contribution is -1.77. The highest BCUT2D eigenvalue weighted by Gasteiger charge is 1.96. The third kappa shape index (κ3) is 1.40. The van der Waals surface area contributed by atoms with Gasteiger partial charge in [-0.1, -0.05) is 30.4 Å². The Kier molecular flexibility index (Phi) is 1.95. The van der Waals surface area contributed by atoms with E-state index in [1.54, 1.807) is 0 Å². The fourth-order valence-electron chi connectivity index (χ4n) is 1.27. The minimum Gasteiger partial charge on any atom is -0.361 e. The zero-order valence-electron chi connectivity index (χ0n) is 6.83. The van der Waals surface area contributed by atoms with Crippen LogP contribution in [0.2, 0.25) is 0 Å². The van der Waals surface area contributed by atoms with Crippen LogP contribution in [0.5, 0.6) is 0 Å². The van der Waals surface area contributed by atoms with E-state index in [9.17, 15) is 0 Å². The van der Waals surface area contributed by atoms with Gasteiger partial charge in [-0.3, -0.25) is 0 Å². The van der Waals surface area contributed by atoms with Gasteiger partial charge in [-0.25, -0.2) is 0 Å². The van der Waals surface area contributed by atoms with Crippen LogP contribution >= 0.6 is 0 Å². The summed E-state index contributed by atoms with van der Waals surface area (Å²) < 4.78 is 0. The normalized spacial score (nSPS) is 15.8. The van der Waals surface area contributed by atoms with Gasteiger partial charge in [0.1, 0.15) is 0 Å². The quantitative estimate of drug-likeness (QED) is 0.645. The van der Waals surface area contributed by atoms with E-state index in [1.165, 1.54) is 11.3 Å². The van der Waals surface area contributed by atoms with Gasteiger partial charge in [-0.2, -0.15) is 0 Å². The van der Waals surface area contributed by atoms with Crippen LogP contribution in [0.1, 0.15) is 12.1 Å². The molecule has 1 heterocycles. The summed E-state index contributed by atoms with van der Waals surface area (Å²) in [5, 5.41) is 0. The molecule has 12 heavy (non-hydrogen) atoms. The third-order valence-corrected chi connectivity index (χ3v) is 1.89. The maximum absolute atomic E-state index is 3.18. The summed E-state index contributed by atoms with van der Waals surface area (Å²) in [7, 11) is 0. The van der Waals surface area contributed by atoms with Crippen molar-refractivity contribution in [2.24, 2.45) is 0 Å². The summed E-state index contributed by atoms with van der Waals surface area (Å²) in [5.41, 5.74) is 2.42. The van der Waals surface area contributed by atoms with Gasteiger partial charge in [0.05, 0.1) is 0 Å². The molecule has 1 aliphatic carbocycles. The van der Waals surface area contributed by atoms with Gasteiger partial charge in [0.15, 0.2) is 0 Å². The number of rotatable bonds is 1. The van der Waals surface area contributed by atoms with Crippen LogP contribution in [0.3, 0.4) is 0 Å². The van der Waals surface area contributed by atoms with Gasteiger partial charge < -0.3 is 4.98 Å². The fraction of sp³-hybridized carbons (Fsp3) is 0.0909. The summed E-state index contributed by atoms with van der Waals surface area (Å²) >= 11 is 0. The number of aromatic nitrogens is 1. The second-order valence-corrected chi connectivity index (χ2v) is 2.77. The molecular weight excluding hydrogens is 146 g/mol. The Balaban J connectivity index is 2.34. The van der Waals surface area contributed by atoms with Crippen molar-refractivity contribution in [3.05, 3.63) is 54.4 Å². The summed E-state index contributed by atoms with van der Waals surface area (Å²) in [6.07, 6.45) is 13.6. The average molecular weight is 157 g/mol. The SMILES string of the molecule is C1=CCC=CC(c2ccc[nH]2)=C1. The summed E-state index contributed by atoms with van der Waals surface area (Å²) in [5.74, 6) is 0. The monoisotopic (exact) mass is 157 g/mol. The predicted octanol–water partition coefficient (Wildman–Crippen LogP) is 2.91. The Morgan fingerprint density at radius 3 is 3.08 bits per heavy atom. The molecule has 0 radical (unpaired) electrons. The van der Waals surface area contributed by atoms with E-state index in [-0.39, 0.29) is 0 Å². The first-order valence-corrected chi connectivity index (χ1v) is 4.14. The summed E-state index contributed by atoms with van der Waals surface area (Å²) in [6.45, 7) is 0. The van der Waals surface area contributed by atoms with Gasteiger partial charge in [-0.05, 0) is 24.1 Å². The van der Waals surface area contributed by atoms with Crippen molar-refractivity contribution in [1.29, 1.82) is 0 Å². The molecule has 60 valence electrons. The van der Waals surface area contributed by atoms with Crippen LogP contribution in [0.15, 0.2) is 48.7 Å². The maximum Gasteiger partial charge on any atom is 0.0453 e. The average Bonchev–Trinajstić information content (AvgIpc) is 2.48. The zero-order valence-corrected chi connectivity index (χ0v) is 6.83. The lowest BCUT2D eigenvalue weighted by atomic mass is 10.2. The molecular formula is C11H11N. The number of aromatic amines is 1. The van der Waals surface area contributed by atoms with Crippen molar-refractivity contribution >= 4 is 5.57 Å². The highest BCUT2D eigenvalue weighted by atomic mass is 14.7. The first kappa shape index (κ1) is 7.17. The van der Waals surface area contributed by atoms with Crippen LogP contribution in [0, 0.1) is 0 Å². The van der Waals surface area contributed by atoms with Crippen molar-refractivity contribution in [1.82, 2.24) is 4.98 Å². The van der Waals surface area contributed by atoms with E-state index in [4.69, 9.17) is 0 Å². The Bertz CT molecular complexity index is 326. The minimum absolute atomic E-state index is 1.03. The molecule has 0 bridgehead atoms. The van der Waals surface area contributed by atoms with Crippen LogP contribution in [0.4, 0.5) is 0 Å². The van der Waals surface area contributed by atoms with E-state index in [1.807, 2.05) is 12.3 Å². The van der Waals surface area contributed by atoms with E-state index >= 15 is 0 Å². The molecule has 1 heteroatoms. The largest absolute Gasteiger partial charge is 0.361 e. The van der Waals surface area contributed by atoms with Gasteiger partial charge in [0.25, 0.3) is 0 Å². The maximum atomic E-state index is 3.18. The Hall–Kier alpha value is -1.50. The first-order chi connectivity index (χ1) is 5.97. The van der Waals surface area contributed by atoms with Gasteiger partial charge in [0.2, 0.25) is 0 Å². The molecule has 0 aliphatic heterocycles. The number of hydrogen-bond acceptors (Lipinski definition) is 0. The van der Waals surface area contributed by atoms with Gasteiger partial charge >= 0.3 is 0 Å². The van der Waals surface area contributed by atoms with Crippen LogP contribution in [0.25, 0.3) is 5.57 Å². The summed E-state index contributed by atoms with van der Waals surface area (Å²) in [6, 6.07) is 4.09. The second-order valence-electron chi connectivity index (χ2n) is 2.77. The van der Waals surface area contributed by atoms with E-state index in [2.05, 4.69) is 41.4 Å². The predicted molar refractivity (Wildman–Crippen MR) is 51.7 cm³/mol. The lowest BCUT2D eigenvalue weighted by molar-refractivity contribution is 1.35. The molecule has 0 atom stereocenters. The molecule has 0 amide bonds. The highest BCUT2D eigenvalue weighted by molar-refractivity contribution is 5.73. The number of hydrogen-bond donors (Lipinski definition) is 1. The molecule has 2 rings (SSSR count). The molecule has 0 spiro atoms. The van der Waals surface area contributed by atoms with E-state index < -0.39 is 0 Å². The van der Waals surface area contributed by atoms with Crippen molar-refractivity contribution in [2.45, 2.75) is 6.42 Å². The zero-order chi connectivity index (χ0) is 8.23. The smallest absolute Gasteiger partial charge is 0.0453 e. The molecule has 1 aromatic heterocycles. The van der Waals surface area contributed by atoms with Crippen LogP contribution in [-0.4, -0.2) is 4.98 Å². The second kappa shape index (κ2) is 3.26. The van der Waals surface area contributed by atoms with Crippen molar-refractivity contribution < 1.29 is 0 Å². The van der Waals surface area contributed by atoms with Crippen LogP contribution < -0.4 is 0 Å². The van der Waals surface area contributed by atoms with Crippen molar-refractivity contribution in [3.8, 4) is 0 Å². The van der Waals surface area contributed by atoms with Gasteiger partial charge in [-0.15, -0.1) is 0 Å². The molecule has 0 aromatic carbocycles. The van der Waals surface area contributed by atoms with E-state index in [0.29, 0.717) is 0 Å². The highest BCUT2D eigenvalue weighted by Crippen LogP contribution is 2.15.